The third-order valence-corrected chi connectivity index (χ3v) is 2.88. The van der Waals surface area contributed by atoms with Crippen LogP contribution in [0.2, 0.25) is 0 Å². The molecule has 0 saturated carbocycles. The molecule has 4 nitrogen and oxygen atoms in total. The zero-order chi connectivity index (χ0) is 12.0. The molecular weight excluding hydrogens is 204 g/mol. The van der Waals surface area contributed by atoms with Gasteiger partial charge in [-0.25, -0.2) is 0 Å². The van der Waals surface area contributed by atoms with Crippen LogP contribution in [0.1, 0.15) is 39.5 Å². The molecule has 94 valence electrons. The second kappa shape index (κ2) is 6.86. The molecule has 2 atom stereocenters. The molecule has 1 fully saturated rings. The summed E-state index contributed by atoms with van der Waals surface area (Å²) in [7, 11) is 0. The van der Waals surface area contributed by atoms with E-state index in [4.69, 9.17) is 0 Å². The van der Waals surface area contributed by atoms with E-state index in [1.54, 1.807) is 0 Å². The van der Waals surface area contributed by atoms with Crippen LogP contribution in [0.3, 0.4) is 0 Å². The first-order chi connectivity index (χ1) is 7.59. The molecule has 1 saturated heterocycles. The lowest BCUT2D eigenvalue weighted by atomic mass is 10.0. The summed E-state index contributed by atoms with van der Waals surface area (Å²) in [6, 6.07) is -0.0556. The molecule has 1 aliphatic heterocycles. The number of nitrogens with one attached hydrogen (secondary N) is 2. The van der Waals surface area contributed by atoms with E-state index in [0.29, 0.717) is 12.5 Å². The van der Waals surface area contributed by atoms with E-state index >= 15 is 0 Å². The minimum absolute atomic E-state index is 0.0301. The van der Waals surface area contributed by atoms with Gasteiger partial charge in [0.15, 0.2) is 0 Å². The highest BCUT2D eigenvalue weighted by molar-refractivity contribution is 5.81. The van der Waals surface area contributed by atoms with Crippen molar-refractivity contribution in [1.29, 1.82) is 0 Å². The topological polar surface area (TPSA) is 61.4 Å². The summed E-state index contributed by atoms with van der Waals surface area (Å²) < 4.78 is 0. The Balaban J connectivity index is 2.18. The number of carbonyl (C=O) groups excluding carboxylic acids is 1. The largest absolute Gasteiger partial charge is 0.391 e. The minimum Gasteiger partial charge on any atom is -0.391 e. The number of amides is 1. The van der Waals surface area contributed by atoms with E-state index in [9.17, 15) is 9.90 Å². The molecule has 0 aromatic carbocycles. The number of hydrogen-bond acceptors (Lipinski definition) is 3. The van der Waals surface area contributed by atoms with Gasteiger partial charge in [0, 0.05) is 6.54 Å². The van der Waals surface area contributed by atoms with Gasteiger partial charge in [-0.3, -0.25) is 4.79 Å². The van der Waals surface area contributed by atoms with E-state index in [1.807, 2.05) is 0 Å². The first-order valence-electron chi connectivity index (χ1n) is 6.28. The maximum atomic E-state index is 11.7. The molecule has 0 aromatic rings. The second-order valence-corrected chi connectivity index (χ2v) is 5.03. The Morgan fingerprint density at radius 2 is 2.25 bits per heavy atom. The summed E-state index contributed by atoms with van der Waals surface area (Å²) in [6.07, 6.45) is 3.48. The molecule has 0 bridgehead atoms. The molecule has 0 spiro atoms. The fraction of sp³-hybridized carbons (Fsp3) is 0.917. The van der Waals surface area contributed by atoms with Crippen molar-refractivity contribution in [2.24, 2.45) is 5.92 Å². The number of carbonyl (C=O) groups is 1. The van der Waals surface area contributed by atoms with Gasteiger partial charge in [-0.2, -0.15) is 0 Å². The summed E-state index contributed by atoms with van der Waals surface area (Å²) in [5.41, 5.74) is 0. The summed E-state index contributed by atoms with van der Waals surface area (Å²) >= 11 is 0. The predicted octanol–water partition coefficient (Wildman–Crippen LogP) is 0.652. The van der Waals surface area contributed by atoms with Gasteiger partial charge in [-0.1, -0.05) is 20.3 Å². The number of hydrogen-bond donors (Lipinski definition) is 3. The highest BCUT2D eigenvalue weighted by Gasteiger charge is 2.20. The normalized spacial score (nSPS) is 23.1. The van der Waals surface area contributed by atoms with Gasteiger partial charge < -0.3 is 15.7 Å². The Hall–Kier alpha value is -0.610. The molecule has 1 rings (SSSR count). The Bertz CT molecular complexity index is 213. The van der Waals surface area contributed by atoms with Crippen LogP contribution in [0.5, 0.6) is 0 Å². The average molecular weight is 228 g/mol. The molecule has 1 unspecified atom stereocenters. The fourth-order valence-corrected chi connectivity index (χ4v) is 2.04. The van der Waals surface area contributed by atoms with E-state index in [-0.39, 0.29) is 11.9 Å². The van der Waals surface area contributed by atoms with E-state index in [0.717, 1.165) is 32.2 Å². The van der Waals surface area contributed by atoms with E-state index in [1.165, 1.54) is 0 Å². The zero-order valence-electron chi connectivity index (χ0n) is 10.3. The van der Waals surface area contributed by atoms with Crippen molar-refractivity contribution in [2.45, 2.75) is 51.7 Å². The summed E-state index contributed by atoms with van der Waals surface area (Å²) in [4.78, 5) is 11.7. The highest BCUT2D eigenvalue weighted by Crippen LogP contribution is 2.07. The van der Waals surface area contributed by atoms with Crippen LogP contribution < -0.4 is 10.6 Å². The van der Waals surface area contributed by atoms with Crippen LogP contribution in [0.25, 0.3) is 0 Å². The predicted molar refractivity (Wildman–Crippen MR) is 64.1 cm³/mol. The molecule has 3 N–H and O–H groups in total. The maximum Gasteiger partial charge on any atom is 0.237 e. The van der Waals surface area contributed by atoms with Gasteiger partial charge in [0.25, 0.3) is 0 Å². The summed E-state index contributed by atoms with van der Waals surface area (Å²) in [5, 5.41) is 15.6. The average Bonchev–Trinajstić information content (AvgIpc) is 2.26. The van der Waals surface area contributed by atoms with E-state index in [2.05, 4.69) is 24.5 Å². The molecule has 1 aliphatic rings. The van der Waals surface area contributed by atoms with Gasteiger partial charge in [0.05, 0.1) is 12.1 Å². The van der Waals surface area contributed by atoms with Gasteiger partial charge >= 0.3 is 0 Å². The first kappa shape index (κ1) is 13.5. The Morgan fingerprint density at radius 1 is 1.50 bits per heavy atom. The standard InChI is InChI=1S/C12H24N2O2/c1-9(2)7-10(15)8-14-12(16)11-5-3-4-6-13-11/h9-11,13,15H,3-8H2,1-2H3,(H,14,16)/t10?,11-/m1/s1. The lowest BCUT2D eigenvalue weighted by Crippen LogP contribution is -2.48. The monoisotopic (exact) mass is 228 g/mol. The number of aliphatic hydroxyl groups is 1. The van der Waals surface area contributed by atoms with Gasteiger partial charge in [-0.15, -0.1) is 0 Å². The van der Waals surface area contributed by atoms with Crippen molar-refractivity contribution >= 4 is 5.91 Å². The first-order valence-corrected chi connectivity index (χ1v) is 6.28. The van der Waals surface area contributed by atoms with Crippen LogP contribution >= 0.6 is 0 Å². The third kappa shape index (κ3) is 4.94. The van der Waals surface area contributed by atoms with Crippen molar-refractivity contribution in [1.82, 2.24) is 10.6 Å². The second-order valence-electron chi connectivity index (χ2n) is 5.03. The third-order valence-electron chi connectivity index (χ3n) is 2.88. The fourth-order valence-electron chi connectivity index (χ4n) is 2.04. The van der Waals surface area contributed by atoms with Crippen molar-refractivity contribution in [3.63, 3.8) is 0 Å². The Kier molecular flexibility index (Phi) is 5.77. The minimum atomic E-state index is -0.424. The smallest absolute Gasteiger partial charge is 0.237 e. The molecule has 16 heavy (non-hydrogen) atoms. The Labute approximate surface area is 97.8 Å². The molecule has 1 amide bonds. The SMILES string of the molecule is CC(C)CC(O)CNC(=O)[C@H]1CCCCN1. The Morgan fingerprint density at radius 3 is 2.81 bits per heavy atom. The molecule has 4 heteroatoms. The van der Waals surface area contributed by atoms with Gasteiger partial charge in [0.1, 0.15) is 0 Å². The van der Waals surface area contributed by atoms with Gasteiger partial charge in [0.2, 0.25) is 5.91 Å². The van der Waals surface area contributed by atoms with Crippen LogP contribution in [0, 0.1) is 5.92 Å². The number of rotatable bonds is 5. The van der Waals surface area contributed by atoms with E-state index < -0.39 is 6.10 Å². The van der Waals surface area contributed by atoms with Crippen LogP contribution in [-0.2, 0) is 4.79 Å². The maximum absolute atomic E-state index is 11.7. The molecule has 0 aliphatic carbocycles. The van der Waals surface area contributed by atoms with Crippen LogP contribution in [0.4, 0.5) is 0 Å². The van der Waals surface area contributed by atoms with Crippen molar-refractivity contribution in [2.75, 3.05) is 13.1 Å². The van der Waals surface area contributed by atoms with Crippen LogP contribution in [0.15, 0.2) is 0 Å². The van der Waals surface area contributed by atoms with Crippen LogP contribution in [-0.4, -0.2) is 36.2 Å². The van der Waals surface area contributed by atoms with Crippen molar-refractivity contribution < 1.29 is 9.90 Å². The summed E-state index contributed by atoms with van der Waals surface area (Å²) in [5.74, 6) is 0.488. The number of piperidine rings is 1. The molecular formula is C12H24N2O2. The quantitative estimate of drug-likeness (QED) is 0.647. The summed E-state index contributed by atoms with van der Waals surface area (Å²) in [6.45, 7) is 5.42. The van der Waals surface area contributed by atoms with Gasteiger partial charge in [-0.05, 0) is 31.7 Å². The van der Waals surface area contributed by atoms with Crippen molar-refractivity contribution in [3.05, 3.63) is 0 Å². The lowest BCUT2D eigenvalue weighted by molar-refractivity contribution is -0.124. The number of aliphatic hydroxyl groups excluding tert-OH is 1. The highest BCUT2D eigenvalue weighted by atomic mass is 16.3. The molecule has 0 aromatic heterocycles. The van der Waals surface area contributed by atoms with Crippen molar-refractivity contribution in [3.8, 4) is 0 Å². The molecule has 1 heterocycles. The lowest BCUT2D eigenvalue weighted by Gasteiger charge is -2.23. The molecule has 0 radical (unpaired) electrons. The zero-order valence-corrected chi connectivity index (χ0v) is 10.3.